The third-order valence-corrected chi connectivity index (χ3v) is 3.66. The van der Waals surface area contributed by atoms with Crippen LogP contribution in [0, 0.1) is 0 Å². The van der Waals surface area contributed by atoms with E-state index in [1.807, 2.05) is 36.4 Å². The van der Waals surface area contributed by atoms with Crippen molar-refractivity contribution in [2.24, 2.45) is 5.73 Å². The Hall–Kier alpha value is -2.82. The summed E-state index contributed by atoms with van der Waals surface area (Å²) in [7, 11) is 0. The molecule has 1 aliphatic heterocycles. The van der Waals surface area contributed by atoms with E-state index in [1.54, 1.807) is 12.1 Å². The summed E-state index contributed by atoms with van der Waals surface area (Å²) >= 11 is 0. The highest BCUT2D eigenvalue weighted by Crippen LogP contribution is 2.32. The van der Waals surface area contributed by atoms with E-state index in [2.05, 4.69) is 5.32 Å². The molecule has 5 nitrogen and oxygen atoms in total. The number of nitrogens with one attached hydrogen (secondary N) is 1. The molecule has 22 heavy (non-hydrogen) atoms. The molecule has 112 valence electrons. The third kappa shape index (κ3) is 2.93. The van der Waals surface area contributed by atoms with Gasteiger partial charge < -0.3 is 15.8 Å². The first-order chi connectivity index (χ1) is 10.6. The summed E-state index contributed by atoms with van der Waals surface area (Å²) in [5.74, 6) is -0.451. The van der Waals surface area contributed by atoms with Gasteiger partial charge in [0, 0.05) is 0 Å². The quantitative estimate of drug-likeness (QED) is 0.903. The molecule has 0 fully saturated rings. The molecule has 0 spiro atoms. The Morgan fingerprint density at radius 2 is 2.00 bits per heavy atom. The number of benzene rings is 2. The number of ether oxygens (including phenoxy) is 1. The smallest absolute Gasteiger partial charge is 0.262 e. The van der Waals surface area contributed by atoms with Crippen molar-refractivity contribution < 1.29 is 14.3 Å². The van der Waals surface area contributed by atoms with E-state index in [4.69, 9.17) is 10.5 Å². The molecule has 3 N–H and O–H groups in total. The molecule has 0 aliphatic carbocycles. The van der Waals surface area contributed by atoms with Crippen LogP contribution >= 0.6 is 0 Å². The third-order valence-electron chi connectivity index (χ3n) is 3.66. The van der Waals surface area contributed by atoms with Crippen molar-refractivity contribution in [2.75, 3.05) is 11.9 Å². The van der Waals surface area contributed by atoms with Crippen LogP contribution in [0.25, 0.3) is 0 Å². The van der Waals surface area contributed by atoms with Crippen molar-refractivity contribution >= 4 is 17.5 Å². The largest absolute Gasteiger partial charge is 0.482 e. The minimum Gasteiger partial charge on any atom is -0.482 e. The van der Waals surface area contributed by atoms with Crippen molar-refractivity contribution in [3.05, 3.63) is 59.7 Å². The van der Waals surface area contributed by atoms with Gasteiger partial charge in [-0.3, -0.25) is 9.59 Å². The highest BCUT2D eigenvalue weighted by molar-refractivity contribution is 5.95. The molecule has 0 radical (unpaired) electrons. The Kier molecular flexibility index (Phi) is 3.78. The van der Waals surface area contributed by atoms with Crippen LogP contribution in [0.5, 0.6) is 5.75 Å². The van der Waals surface area contributed by atoms with Gasteiger partial charge >= 0.3 is 0 Å². The van der Waals surface area contributed by atoms with Gasteiger partial charge in [-0.25, -0.2) is 0 Å². The number of rotatable bonds is 4. The van der Waals surface area contributed by atoms with Crippen LogP contribution in [0.3, 0.4) is 0 Å². The molecule has 1 unspecified atom stereocenters. The lowest BCUT2D eigenvalue weighted by Gasteiger charge is -2.21. The maximum absolute atomic E-state index is 11.8. The van der Waals surface area contributed by atoms with Crippen LogP contribution in [0.1, 0.15) is 17.0 Å². The molecule has 0 aromatic heterocycles. The second kappa shape index (κ2) is 5.89. The van der Waals surface area contributed by atoms with E-state index in [0.717, 1.165) is 11.1 Å². The topological polar surface area (TPSA) is 81.4 Å². The number of nitrogens with two attached hydrogens (primary N) is 1. The molecule has 1 aliphatic rings. The van der Waals surface area contributed by atoms with Crippen molar-refractivity contribution in [2.45, 2.75) is 12.3 Å². The van der Waals surface area contributed by atoms with Gasteiger partial charge in [0.2, 0.25) is 5.91 Å². The fourth-order valence-corrected chi connectivity index (χ4v) is 2.55. The van der Waals surface area contributed by atoms with Crippen LogP contribution in [0.4, 0.5) is 5.69 Å². The number of amides is 2. The Morgan fingerprint density at radius 3 is 2.73 bits per heavy atom. The number of carbonyl (C=O) groups is 2. The van der Waals surface area contributed by atoms with Gasteiger partial charge in [0.25, 0.3) is 5.91 Å². The number of fused-ring (bicyclic) bond motifs is 1. The van der Waals surface area contributed by atoms with E-state index < -0.39 is 11.8 Å². The van der Waals surface area contributed by atoms with Crippen LogP contribution in [0.2, 0.25) is 0 Å². The highest BCUT2D eigenvalue weighted by Gasteiger charge is 2.22. The van der Waals surface area contributed by atoms with Crippen molar-refractivity contribution in [1.29, 1.82) is 0 Å². The van der Waals surface area contributed by atoms with Gasteiger partial charge in [0.05, 0.1) is 11.6 Å². The van der Waals surface area contributed by atoms with Crippen molar-refractivity contribution in [3.8, 4) is 5.75 Å². The number of hydrogen-bond acceptors (Lipinski definition) is 3. The molecule has 2 aromatic carbocycles. The first kappa shape index (κ1) is 14.1. The van der Waals surface area contributed by atoms with Gasteiger partial charge in [0.1, 0.15) is 5.75 Å². The fraction of sp³-hybridized carbons (Fsp3) is 0.176. The zero-order chi connectivity index (χ0) is 15.5. The summed E-state index contributed by atoms with van der Waals surface area (Å²) in [5.41, 5.74) is 7.94. The van der Waals surface area contributed by atoms with Gasteiger partial charge in [-0.05, 0) is 29.7 Å². The van der Waals surface area contributed by atoms with E-state index in [1.165, 1.54) is 0 Å². The number of carbonyl (C=O) groups excluding carboxylic acids is 2. The predicted octanol–water partition coefficient (Wildman–Crippen LogP) is 1.83. The minimum absolute atomic E-state index is 0.00953. The standard InChI is InChI=1S/C17H16N2O3/c18-17(21)13(8-11-4-2-1-3-5-11)12-6-7-15-14(9-12)19-16(20)10-22-15/h1-7,9,13H,8,10H2,(H2,18,21)(H,19,20). The molecule has 1 atom stereocenters. The lowest BCUT2D eigenvalue weighted by atomic mass is 9.91. The summed E-state index contributed by atoms with van der Waals surface area (Å²) in [6.07, 6.45) is 0.518. The molecule has 0 saturated heterocycles. The average molecular weight is 296 g/mol. The average Bonchev–Trinajstić information content (AvgIpc) is 2.52. The maximum atomic E-state index is 11.8. The monoisotopic (exact) mass is 296 g/mol. The number of primary amides is 1. The van der Waals surface area contributed by atoms with Crippen LogP contribution < -0.4 is 15.8 Å². The number of hydrogen-bond donors (Lipinski definition) is 2. The zero-order valence-corrected chi connectivity index (χ0v) is 11.9. The summed E-state index contributed by atoms with van der Waals surface area (Å²) in [6, 6.07) is 15.0. The fourth-order valence-electron chi connectivity index (χ4n) is 2.55. The second-order valence-electron chi connectivity index (χ2n) is 5.24. The highest BCUT2D eigenvalue weighted by atomic mass is 16.5. The Labute approximate surface area is 128 Å². The molecule has 5 heteroatoms. The van der Waals surface area contributed by atoms with Crippen molar-refractivity contribution in [3.63, 3.8) is 0 Å². The van der Waals surface area contributed by atoms with Gasteiger partial charge in [0.15, 0.2) is 6.61 Å². The molecule has 0 saturated carbocycles. The normalized spacial score (nSPS) is 14.5. The van der Waals surface area contributed by atoms with Crippen molar-refractivity contribution in [1.82, 2.24) is 0 Å². The summed E-state index contributed by atoms with van der Waals surface area (Å²) < 4.78 is 5.32. The zero-order valence-electron chi connectivity index (χ0n) is 11.9. The molecule has 3 rings (SSSR count). The molecule has 1 heterocycles. The second-order valence-corrected chi connectivity index (χ2v) is 5.24. The van der Waals surface area contributed by atoms with Gasteiger partial charge in [-0.1, -0.05) is 36.4 Å². The van der Waals surface area contributed by atoms with Crippen LogP contribution in [-0.2, 0) is 16.0 Å². The molecule has 2 amide bonds. The lowest BCUT2D eigenvalue weighted by molar-refractivity contribution is -0.119. The summed E-state index contributed by atoms with van der Waals surface area (Å²) in [5, 5.41) is 2.74. The summed E-state index contributed by atoms with van der Waals surface area (Å²) in [6.45, 7) is 0.00953. The Morgan fingerprint density at radius 1 is 1.23 bits per heavy atom. The van der Waals surface area contributed by atoms with Gasteiger partial charge in [-0.2, -0.15) is 0 Å². The Balaban J connectivity index is 1.90. The minimum atomic E-state index is -0.452. The summed E-state index contributed by atoms with van der Waals surface area (Å²) in [4.78, 5) is 23.2. The molecule has 0 bridgehead atoms. The van der Waals surface area contributed by atoms with E-state index in [-0.39, 0.29) is 12.5 Å². The van der Waals surface area contributed by atoms with E-state index in [0.29, 0.717) is 17.9 Å². The first-order valence-corrected chi connectivity index (χ1v) is 7.03. The van der Waals surface area contributed by atoms with E-state index >= 15 is 0 Å². The number of anilines is 1. The molecular formula is C17H16N2O3. The maximum Gasteiger partial charge on any atom is 0.262 e. The lowest BCUT2D eigenvalue weighted by Crippen LogP contribution is -2.27. The first-order valence-electron chi connectivity index (χ1n) is 7.03. The molecular weight excluding hydrogens is 280 g/mol. The molecule has 2 aromatic rings. The SMILES string of the molecule is NC(=O)C(Cc1ccccc1)c1ccc2c(c1)NC(=O)CO2. The van der Waals surface area contributed by atoms with E-state index in [9.17, 15) is 9.59 Å². The van der Waals surface area contributed by atoms with Crippen LogP contribution in [-0.4, -0.2) is 18.4 Å². The van der Waals surface area contributed by atoms with Gasteiger partial charge in [-0.15, -0.1) is 0 Å². The Bertz CT molecular complexity index is 713. The predicted molar refractivity (Wildman–Crippen MR) is 82.6 cm³/mol. The van der Waals surface area contributed by atoms with Crippen LogP contribution in [0.15, 0.2) is 48.5 Å².